The Balaban J connectivity index is 2.03. The van der Waals surface area contributed by atoms with E-state index in [0.29, 0.717) is 17.2 Å². The second-order valence-corrected chi connectivity index (χ2v) is 5.54. The Hall–Kier alpha value is -2.01. The van der Waals surface area contributed by atoms with E-state index in [2.05, 4.69) is 0 Å². The summed E-state index contributed by atoms with van der Waals surface area (Å²) in [5, 5.41) is 1.86. The molecule has 0 aliphatic carbocycles. The van der Waals surface area contributed by atoms with E-state index in [9.17, 15) is 4.79 Å². The van der Waals surface area contributed by atoms with E-state index in [1.54, 1.807) is 12.0 Å². The molecule has 4 nitrogen and oxygen atoms in total. The third-order valence-electron chi connectivity index (χ3n) is 3.31. The van der Waals surface area contributed by atoms with Crippen molar-refractivity contribution in [2.45, 2.75) is 13.0 Å². The normalized spacial score (nSPS) is 17.3. The number of ether oxygens (including phenoxy) is 2. The smallest absolute Gasteiger partial charge is 0.272 e. The summed E-state index contributed by atoms with van der Waals surface area (Å²) in [6.07, 6.45) is 0. The van der Waals surface area contributed by atoms with Crippen LogP contribution in [0.25, 0.3) is 0 Å². The predicted molar refractivity (Wildman–Crippen MR) is 79.1 cm³/mol. The van der Waals surface area contributed by atoms with Crippen LogP contribution in [0.3, 0.4) is 0 Å². The Kier molecular flexibility index (Phi) is 3.36. The number of carbonyl (C=O) groups is 1. The molecule has 104 valence electrons. The maximum absolute atomic E-state index is 12.8. The van der Waals surface area contributed by atoms with E-state index in [-0.39, 0.29) is 11.9 Å². The van der Waals surface area contributed by atoms with Gasteiger partial charge in [0.05, 0.1) is 18.8 Å². The number of nitrogens with zero attached hydrogens (tertiary/aromatic N) is 1. The largest absolute Gasteiger partial charge is 0.495 e. The number of methoxy groups -OCH3 is 1. The van der Waals surface area contributed by atoms with Crippen LogP contribution in [-0.2, 0) is 0 Å². The van der Waals surface area contributed by atoms with Gasteiger partial charge >= 0.3 is 0 Å². The molecule has 1 aromatic heterocycles. The summed E-state index contributed by atoms with van der Waals surface area (Å²) in [4.78, 5) is 15.2. The van der Waals surface area contributed by atoms with E-state index in [4.69, 9.17) is 9.47 Å². The molecule has 0 bridgehead atoms. The van der Waals surface area contributed by atoms with Crippen molar-refractivity contribution < 1.29 is 14.3 Å². The number of para-hydroxylation sites is 2. The fraction of sp³-hybridized carbons (Fsp3) is 0.267. The zero-order valence-electron chi connectivity index (χ0n) is 11.3. The van der Waals surface area contributed by atoms with E-state index >= 15 is 0 Å². The van der Waals surface area contributed by atoms with Crippen LogP contribution in [0.1, 0.15) is 16.6 Å². The summed E-state index contributed by atoms with van der Waals surface area (Å²) >= 11 is 1.40. The van der Waals surface area contributed by atoms with Gasteiger partial charge in [-0.1, -0.05) is 12.1 Å². The molecule has 0 radical (unpaired) electrons. The number of fused-ring (bicyclic) bond motifs is 1. The monoisotopic (exact) mass is 289 g/mol. The third kappa shape index (κ3) is 2.04. The Morgan fingerprint density at radius 3 is 3.00 bits per heavy atom. The first-order valence-electron chi connectivity index (χ1n) is 6.39. The molecule has 1 unspecified atom stereocenters. The van der Waals surface area contributed by atoms with Crippen molar-refractivity contribution in [2.75, 3.05) is 18.6 Å². The number of anilines is 1. The van der Waals surface area contributed by atoms with Crippen molar-refractivity contribution in [3.8, 4) is 11.5 Å². The highest BCUT2D eigenvalue weighted by molar-refractivity contribution is 7.12. The highest BCUT2D eigenvalue weighted by Gasteiger charge is 2.31. The van der Waals surface area contributed by atoms with Crippen LogP contribution in [0.4, 0.5) is 5.69 Å². The second-order valence-electron chi connectivity index (χ2n) is 4.62. The van der Waals surface area contributed by atoms with Gasteiger partial charge in [0.15, 0.2) is 0 Å². The van der Waals surface area contributed by atoms with Gasteiger partial charge in [0.2, 0.25) is 0 Å². The van der Waals surface area contributed by atoms with Gasteiger partial charge < -0.3 is 9.47 Å². The van der Waals surface area contributed by atoms with Gasteiger partial charge in [-0.05, 0) is 30.5 Å². The average Bonchev–Trinajstić information content (AvgIpc) is 2.95. The van der Waals surface area contributed by atoms with Crippen molar-refractivity contribution in [3.05, 3.63) is 40.6 Å². The molecule has 2 heterocycles. The summed E-state index contributed by atoms with van der Waals surface area (Å²) in [7, 11) is 1.58. The standard InChI is InChI=1S/C15H15NO3S/c1-10-9-19-12-6-4-3-5-11(12)16(10)15(17)14-13(18-2)7-8-20-14/h3-8,10H,9H2,1-2H3. The molecule has 0 N–H and O–H groups in total. The lowest BCUT2D eigenvalue weighted by Gasteiger charge is -2.34. The summed E-state index contributed by atoms with van der Waals surface area (Å²) in [5.74, 6) is 1.32. The number of thiophene rings is 1. The van der Waals surface area contributed by atoms with Crippen LogP contribution >= 0.6 is 11.3 Å². The van der Waals surface area contributed by atoms with E-state index < -0.39 is 0 Å². The molecule has 0 spiro atoms. The van der Waals surface area contributed by atoms with Gasteiger partial charge in [0.1, 0.15) is 23.0 Å². The van der Waals surface area contributed by atoms with Crippen LogP contribution in [0, 0.1) is 0 Å². The van der Waals surface area contributed by atoms with Gasteiger partial charge in [-0.15, -0.1) is 11.3 Å². The highest BCUT2D eigenvalue weighted by atomic mass is 32.1. The van der Waals surface area contributed by atoms with Gasteiger partial charge in [-0.3, -0.25) is 9.69 Å². The molecule has 1 aliphatic rings. The van der Waals surface area contributed by atoms with Crippen LogP contribution in [0.5, 0.6) is 11.5 Å². The second kappa shape index (κ2) is 5.17. The summed E-state index contributed by atoms with van der Waals surface area (Å²) in [6.45, 7) is 2.48. The predicted octanol–water partition coefficient (Wildman–Crippen LogP) is 3.18. The minimum atomic E-state index is -0.0416. The topological polar surface area (TPSA) is 38.8 Å². The number of amides is 1. The molecule has 1 aromatic carbocycles. The fourth-order valence-electron chi connectivity index (χ4n) is 2.33. The summed E-state index contributed by atoms with van der Waals surface area (Å²) in [6, 6.07) is 9.41. The first-order chi connectivity index (χ1) is 9.72. The lowest BCUT2D eigenvalue weighted by atomic mass is 10.1. The molecule has 3 rings (SSSR count). The molecule has 1 amide bonds. The maximum atomic E-state index is 12.8. The minimum Gasteiger partial charge on any atom is -0.495 e. The molecular formula is C15H15NO3S. The lowest BCUT2D eigenvalue weighted by molar-refractivity contribution is 0.0962. The maximum Gasteiger partial charge on any atom is 0.272 e. The van der Waals surface area contributed by atoms with Crippen LogP contribution < -0.4 is 14.4 Å². The Morgan fingerprint density at radius 2 is 2.20 bits per heavy atom. The van der Waals surface area contributed by atoms with E-state index in [1.807, 2.05) is 42.6 Å². The van der Waals surface area contributed by atoms with Gasteiger partial charge in [-0.2, -0.15) is 0 Å². The Bertz CT molecular complexity index is 638. The molecule has 20 heavy (non-hydrogen) atoms. The van der Waals surface area contributed by atoms with Crippen molar-refractivity contribution in [3.63, 3.8) is 0 Å². The summed E-state index contributed by atoms with van der Waals surface area (Å²) in [5.41, 5.74) is 0.812. The third-order valence-corrected chi connectivity index (χ3v) is 4.19. The zero-order chi connectivity index (χ0) is 14.1. The first kappa shape index (κ1) is 13.0. The molecule has 0 saturated carbocycles. The number of hydrogen-bond acceptors (Lipinski definition) is 4. The van der Waals surface area contributed by atoms with Crippen molar-refractivity contribution in [2.24, 2.45) is 0 Å². The van der Waals surface area contributed by atoms with Crippen LogP contribution in [0.2, 0.25) is 0 Å². The molecule has 5 heteroatoms. The molecule has 1 atom stereocenters. The number of benzene rings is 1. The van der Waals surface area contributed by atoms with Crippen molar-refractivity contribution in [1.82, 2.24) is 0 Å². The lowest BCUT2D eigenvalue weighted by Crippen LogP contribution is -2.44. The quantitative estimate of drug-likeness (QED) is 0.852. The zero-order valence-corrected chi connectivity index (χ0v) is 12.1. The molecule has 2 aromatic rings. The number of hydrogen-bond donors (Lipinski definition) is 0. The Morgan fingerprint density at radius 1 is 1.40 bits per heavy atom. The van der Waals surface area contributed by atoms with Crippen LogP contribution in [-0.4, -0.2) is 25.7 Å². The van der Waals surface area contributed by atoms with E-state index in [1.165, 1.54) is 11.3 Å². The van der Waals surface area contributed by atoms with Crippen LogP contribution in [0.15, 0.2) is 35.7 Å². The average molecular weight is 289 g/mol. The van der Waals surface area contributed by atoms with Crippen molar-refractivity contribution >= 4 is 22.9 Å². The van der Waals surface area contributed by atoms with Gasteiger partial charge in [-0.25, -0.2) is 0 Å². The molecule has 0 fully saturated rings. The van der Waals surface area contributed by atoms with Gasteiger partial charge in [0, 0.05) is 0 Å². The molecular weight excluding hydrogens is 274 g/mol. The number of carbonyl (C=O) groups excluding carboxylic acids is 1. The first-order valence-corrected chi connectivity index (χ1v) is 7.27. The molecule has 0 saturated heterocycles. The fourth-order valence-corrected chi connectivity index (χ4v) is 3.13. The number of rotatable bonds is 2. The highest BCUT2D eigenvalue weighted by Crippen LogP contribution is 2.36. The minimum absolute atomic E-state index is 0.00999. The Labute approximate surface area is 121 Å². The van der Waals surface area contributed by atoms with Crippen molar-refractivity contribution in [1.29, 1.82) is 0 Å². The van der Waals surface area contributed by atoms with Gasteiger partial charge in [0.25, 0.3) is 5.91 Å². The molecule has 1 aliphatic heterocycles. The SMILES string of the molecule is COc1ccsc1C(=O)N1c2ccccc2OCC1C. The summed E-state index contributed by atoms with van der Waals surface area (Å²) < 4.78 is 10.9. The van der Waals surface area contributed by atoms with E-state index in [0.717, 1.165) is 11.4 Å².